The van der Waals surface area contributed by atoms with Crippen LogP contribution in [-0.2, 0) is 0 Å². The van der Waals surface area contributed by atoms with Gasteiger partial charge in [0.25, 0.3) is 0 Å². The third-order valence-electron chi connectivity index (χ3n) is 3.66. The average molecular weight is 241 g/mol. The zero-order valence-electron chi connectivity index (χ0n) is 11.0. The van der Waals surface area contributed by atoms with Crippen molar-refractivity contribution in [1.29, 1.82) is 0 Å². The lowest BCUT2D eigenvalue weighted by Gasteiger charge is -2.35. The fourth-order valence-electron chi connectivity index (χ4n) is 2.66. The van der Waals surface area contributed by atoms with Gasteiger partial charge in [-0.2, -0.15) is 0 Å². The SMILES string of the molecule is Cc1cc2ccccc2nc1N1CCNCC1C. The Kier molecular flexibility index (Phi) is 2.92. The molecule has 94 valence electrons. The van der Waals surface area contributed by atoms with Crippen LogP contribution in [0.4, 0.5) is 5.82 Å². The minimum atomic E-state index is 0.506. The summed E-state index contributed by atoms with van der Waals surface area (Å²) in [6.45, 7) is 7.52. The van der Waals surface area contributed by atoms with Gasteiger partial charge in [-0.1, -0.05) is 18.2 Å². The number of benzene rings is 1. The molecule has 1 N–H and O–H groups in total. The number of hydrogen-bond donors (Lipinski definition) is 1. The fourth-order valence-corrected chi connectivity index (χ4v) is 2.66. The highest BCUT2D eigenvalue weighted by Crippen LogP contribution is 2.24. The zero-order valence-corrected chi connectivity index (χ0v) is 11.0. The Labute approximate surface area is 108 Å². The van der Waals surface area contributed by atoms with E-state index in [0.29, 0.717) is 6.04 Å². The molecule has 0 bridgehead atoms. The first-order chi connectivity index (χ1) is 8.75. The fraction of sp³-hybridized carbons (Fsp3) is 0.400. The van der Waals surface area contributed by atoms with Crippen LogP contribution in [0.25, 0.3) is 10.9 Å². The maximum Gasteiger partial charge on any atom is 0.132 e. The largest absolute Gasteiger partial charge is 0.351 e. The van der Waals surface area contributed by atoms with Crippen molar-refractivity contribution in [3.63, 3.8) is 0 Å². The van der Waals surface area contributed by atoms with Crippen molar-refractivity contribution in [1.82, 2.24) is 10.3 Å². The molecule has 1 saturated heterocycles. The molecule has 1 aromatic carbocycles. The first-order valence-electron chi connectivity index (χ1n) is 6.59. The first kappa shape index (κ1) is 11.5. The Morgan fingerprint density at radius 2 is 2.17 bits per heavy atom. The van der Waals surface area contributed by atoms with Crippen LogP contribution < -0.4 is 10.2 Å². The molecule has 3 nitrogen and oxygen atoms in total. The van der Waals surface area contributed by atoms with Gasteiger partial charge in [0.2, 0.25) is 0 Å². The summed E-state index contributed by atoms with van der Waals surface area (Å²) in [5.41, 5.74) is 2.35. The predicted molar refractivity (Wildman–Crippen MR) is 76.2 cm³/mol. The van der Waals surface area contributed by atoms with E-state index >= 15 is 0 Å². The summed E-state index contributed by atoms with van der Waals surface area (Å²) >= 11 is 0. The molecule has 1 aliphatic heterocycles. The van der Waals surface area contributed by atoms with E-state index in [1.165, 1.54) is 10.9 Å². The summed E-state index contributed by atoms with van der Waals surface area (Å²) < 4.78 is 0. The normalized spacial score (nSPS) is 20.3. The van der Waals surface area contributed by atoms with E-state index < -0.39 is 0 Å². The molecule has 0 amide bonds. The number of piperazine rings is 1. The number of aromatic nitrogens is 1. The van der Waals surface area contributed by atoms with Crippen LogP contribution in [0.2, 0.25) is 0 Å². The molecule has 1 unspecified atom stereocenters. The maximum absolute atomic E-state index is 4.85. The molecule has 18 heavy (non-hydrogen) atoms. The second kappa shape index (κ2) is 4.58. The molecule has 1 fully saturated rings. The lowest BCUT2D eigenvalue weighted by atomic mass is 10.1. The molecule has 1 aliphatic rings. The van der Waals surface area contributed by atoms with E-state index in [4.69, 9.17) is 4.98 Å². The molecular formula is C15H19N3. The number of para-hydroxylation sites is 1. The van der Waals surface area contributed by atoms with Gasteiger partial charge < -0.3 is 10.2 Å². The summed E-state index contributed by atoms with van der Waals surface area (Å²) in [4.78, 5) is 7.26. The van der Waals surface area contributed by atoms with E-state index in [0.717, 1.165) is 31.0 Å². The van der Waals surface area contributed by atoms with Gasteiger partial charge in [-0.25, -0.2) is 4.98 Å². The van der Waals surface area contributed by atoms with Crippen molar-refractivity contribution in [3.05, 3.63) is 35.9 Å². The van der Waals surface area contributed by atoms with Crippen molar-refractivity contribution < 1.29 is 0 Å². The standard InChI is InChI=1S/C15H19N3/c1-11-9-13-5-3-4-6-14(13)17-15(11)18-8-7-16-10-12(18)2/h3-6,9,12,16H,7-8,10H2,1-2H3. The molecule has 0 spiro atoms. The van der Waals surface area contributed by atoms with Crippen LogP contribution in [0.5, 0.6) is 0 Å². The van der Waals surface area contributed by atoms with Gasteiger partial charge in [0.05, 0.1) is 5.52 Å². The van der Waals surface area contributed by atoms with Gasteiger partial charge in [0.15, 0.2) is 0 Å². The molecular weight excluding hydrogens is 222 g/mol. The number of anilines is 1. The molecule has 2 aromatic rings. The molecule has 0 saturated carbocycles. The van der Waals surface area contributed by atoms with E-state index in [9.17, 15) is 0 Å². The first-order valence-corrected chi connectivity index (χ1v) is 6.59. The highest BCUT2D eigenvalue weighted by atomic mass is 15.3. The summed E-state index contributed by atoms with van der Waals surface area (Å²) in [5, 5.41) is 4.65. The number of nitrogens with zero attached hydrogens (tertiary/aromatic N) is 2. The van der Waals surface area contributed by atoms with Crippen LogP contribution in [-0.4, -0.2) is 30.7 Å². The topological polar surface area (TPSA) is 28.2 Å². The average Bonchev–Trinajstić information content (AvgIpc) is 2.39. The number of hydrogen-bond acceptors (Lipinski definition) is 3. The highest BCUT2D eigenvalue weighted by Gasteiger charge is 2.20. The predicted octanol–water partition coefficient (Wildman–Crippen LogP) is 2.34. The Morgan fingerprint density at radius 3 is 3.00 bits per heavy atom. The number of pyridine rings is 1. The quantitative estimate of drug-likeness (QED) is 0.830. The monoisotopic (exact) mass is 241 g/mol. The molecule has 3 rings (SSSR count). The molecule has 1 atom stereocenters. The van der Waals surface area contributed by atoms with Crippen molar-refractivity contribution in [2.75, 3.05) is 24.5 Å². The van der Waals surface area contributed by atoms with Gasteiger partial charge in [-0.15, -0.1) is 0 Å². The van der Waals surface area contributed by atoms with Gasteiger partial charge in [-0.3, -0.25) is 0 Å². The van der Waals surface area contributed by atoms with Gasteiger partial charge in [0, 0.05) is 31.1 Å². The second-order valence-corrected chi connectivity index (χ2v) is 5.07. The molecule has 0 radical (unpaired) electrons. The van der Waals surface area contributed by atoms with Crippen LogP contribution in [0, 0.1) is 6.92 Å². The lowest BCUT2D eigenvalue weighted by molar-refractivity contribution is 0.497. The summed E-state index contributed by atoms with van der Waals surface area (Å²) in [7, 11) is 0. The maximum atomic E-state index is 4.85. The van der Waals surface area contributed by atoms with E-state index in [-0.39, 0.29) is 0 Å². The number of nitrogens with one attached hydrogen (secondary N) is 1. The van der Waals surface area contributed by atoms with Crippen molar-refractivity contribution in [2.45, 2.75) is 19.9 Å². The number of aryl methyl sites for hydroxylation is 1. The molecule has 0 aliphatic carbocycles. The summed E-state index contributed by atoms with van der Waals surface area (Å²) in [5.74, 6) is 1.14. The molecule has 2 heterocycles. The van der Waals surface area contributed by atoms with Crippen LogP contribution in [0.3, 0.4) is 0 Å². The highest BCUT2D eigenvalue weighted by molar-refractivity contribution is 5.81. The third kappa shape index (κ3) is 1.95. The van der Waals surface area contributed by atoms with E-state index in [1.807, 2.05) is 0 Å². The molecule has 1 aromatic heterocycles. The molecule has 3 heteroatoms. The van der Waals surface area contributed by atoms with Crippen LogP contribution in [0.1, 0.15) is 12.5 Å². The van der Waals surface area contributed by atoms with Crippen molar-refractivity contribution in [3.8, 4) is 0 Å². The van der Waals surface area contributed by atoms with Crippen molar-refractivity contribution in [2.24, 2.45) is 0 Å². The minimum Gasteiger partial charge on any atom is -0.351 e. The zero-order chi connectivity index (χ0) is 12.5. The Morgan fingerprint density at radius 1 is 1.33 bits per heavy atom. The second-order valence-electron chi connectivity index (χ2n) is 5.07. The number of fused-ring (bicyclic) bond motifs is 1. The van der Waals surface area contributed by atoms with Gasteiger partial charge in [-0.05, 0) is 31.5 Å². The van der Waals surface area contributed by atoms with Crippen LogP contribution >= 0.6 is 0 Å². The van der Waals surface area contributed by atoms with Crippen LogP contribution in [0.15, 0.2) is 30.3 Å². The summed E-state index contributed by atoms with van der Waals surface area (Å²) in [6.07, 6.45) is 0. The third-order valence-corrected chi connectivity index (χ3v) is 3.66. The van der Waals surface area contributed by atoms with E-state index in [1.54, 1.807) is 0 Å². The number of rotatable bonds is 1. The smallest absolute Gasteiger partial charge is 0.132 e. The Bertz CT molecular complexity index is 565. The Hall–Kier alpha value is -1.61. The summed E-state index contributed by atoms with van der Waals surface area (Å²) in [6, 6.07) is 11.1. The minimum absolute atomic E-state index is 0.506. The van der Waals surface area contributed by atoms with Gasteiger partial charge in [0.1, 0.15) is 5.82 Å². The van der Waals surface area contributed by atoms with Gasteiger partial charge >= 0.3 is 0 Å². The van der Waals surface area contributed by atoms with E-state index in [2.05, 4.69) is 54.4 Å². The van der Waals surface area contributed by atoms with Crippen molar-refractivity contribution >= 4 is 16.7 Å². The lowest BCUT2D eigenvalue weighted by Crippen LogP contribution is -2.50. The Balaban J connectivity index is 2.07.